The highest BCUT2D eigenvalue weighted by Gasteiger charge is 2.09. The van der Waals surface area contributed by atoms with Gasteiger partial charge in [-0.25, -0.2) is 0 Å². The topological polar surface area (TPSA) is 140 Å². The Morgan fingerprint density at radius 2 is 1.88 bits per heavy atom. The summed E-state index contributed by atoms with van der Waals surface area (Å²) < 4.78 is 0. The number of carbonyl (C=O) groups is 3. The molecule has 0 saturated heterocycles. The van der Waals surface area contributed by atoms with Crippen LogP contribution in [-0.2, 0) is 14.4 Å². The molecular weight excluding hydrogens is 230 g/mol. The smallest absolute Gasteiger partial charge is 0.322 e. The maximum absolute atomic E-state index is 11.2. The number of nitrogens with zero attached hydrogens (tertiary/aromatic N) is 1. The third-order valence-electron chi connectivity index (χ3n) is 1.49. The number of carboxylic acid groups (broad SMARTS) is 2. The lowest BCUT2D eigenvalue weighted by Crippen LogP contribution is -2.30. The van der Waals surface area contributed by atoms with Gasteiger partial charge in [-0.1, -0.05) is 0 Å². The average molecular weight is 241 g/mol. The number of amides is 1. The quantitative estimate of drug-likeness (QED) is 0.245. The normalized spacial score (nSPS) is 10.2. The summed E-state index contributed by atoms with van der Waals surface area (Å²) in [4.78, 5) is 31.5. The van der Waals surface area contributed by atoms with E-state index in [1.54, 1.807) is 6.07 Å². The molecule has 0 fully saturated rings. The van der Waals surface area contributed by atoms with Crippen LogP contribution >= 0.6 is 0 Å². The fourth-order valence-electron chi connectivity index (χ4n) is 0.753. The molecule has 0 bridgehead atoms. The van der Waals surface area contributed by atoms with Crippen LogP contribution < -0.4 is 10.6 Å². The minimum Gasteiger partial charge on any atom is -0.481 e. The Morgan fingerprint density at radius 3 is 2.35 bits per heavy atom. The molecule has 0 spiro atoms. The summed E-state index contributed by atoms with van der Waals surface area (Å²) in [7, 11) is 0. The van der Waals surface area contributed by atoms with E-state index < -0.39 is 24.4 Å². The van der Waals surface area contributed by atoms with E-state index in [4.69, 9.17) is 15.5 Å². The molecule has 0 saturated carbocycles. The predicted octanol–water partition coefficient (Wildman–Crippen LogP) is -1.34. The standard InChI is InChI=1S/C9H11N3O5/c10-3-6(4-11-2-1-7(13)14)9(17)12-5-8(15)16/h4,11H,1-2,5H2,(H,12,17)(H,13,14)(H,15,16)/b6-4-. The van der Waals surface area contributed by atoms with Gasteiger partial charge in [-0.15, -0.1) is 0 Å². The maximum Gasteiger partial charge on any atom is 0.322 e. The monoisotopic (exact) mass is 241 g/mol. The first-order chi connectivity index (χ1) is 7.97. The fourth-order valence-corrected chi connectivity index (χ4v) is 0.753. The van der Waals surface area contributed by atoms with Crippen molar-refractivity contribution in [1.82, 2.24) is 10.6 Å². The fraction of sp³-hybridized carbons (Fsp3) is 0.333. The van der Waals surface area contributed by atoms with Crippen molar-refractivity contribution >= 4 is 17.8 Å². The molecule has 0 rings (SSSR count). The van der Waals surface area contributed by atoms with Crippen LogP contribution in [0, 0.1) is 11.3 Å². The molecule has 0 atom stereocenters. The van der Waals surface area contributed by atoms with E-state index in [9.17, 15) is 14.4 Å². The SMILES string of the molecule is N#C/C(=C/NCCC(=O)O)C(=O)NCC(=O)O. The van der Waals surface area contributed by atoms with Crippen LogP contribution in [0.15, 0.2) is 11.8 Å². The molecule has 8 nitrogen and oxygen atoms in total. The lowest BCUT2D eigenvalue weighted by molar-refractivity contribution is -0.138. The summed E-state index contributed by atoms with van der Waals surface area (Å²) >= 11 is 0. The van der Waals surface area contributed by atoms with Crippen molar-refractivity contribution in [2.45, 2.75) is 6.42 Å². The van der Waals surface area contributed by atoms with Crippen molar-refractivity contribution in [1.29, 1.82) is 5.26 Å². The third-order valence-corrected chi connectivity index (χ3v) is 1.49. The molecule has 0 aromatic rings. The van der Waals surface area contributed by atoms with Crippen LogP contribution in [-0.4, -0.2) is 41.1 Å². The average Bonchev–Trinajstić information content (AvgIpc) is 2.25. The van der Waals surface area contributed by atoms with Crippen molar-refractivity contribution in [3.8, 4) is 6.07 Å². The number of aliphatic carboxylic acids is 2. The number of rotatable bonds is 7. The van der Waals surface area contributed by atoms with Gasteiger partial charge in [-0.05, 0) is 0 Å². The first-order valence-corrected chi connectivity index (χ1v) is 4.52. The number of hydrogen-bond acceptors (Lipinski definition) is 5. The first kappa shape index (κ1) is 14.4. The summed E-state index contributed by atoms with van der Waals surface area (Å²) in [6, 6.07) is 1.56. The van der Waals surface area contributed by atoms with Gasteiger partial charge >= 0.3 is 11.9 Å². The molecule has 0 aliphatic carbocycles. The molecule has 0 aromatic heterocycles. The number of hydrogen-bond donors (Lipinski definition) is 4. The van der Waals surface area contributed by atoms with Crippen molar-refractivity contribution in [3.05, 3.63) is 11.8 Å². The molecule has 0 aromatic carbocycles. The molecular formula is C9H11N3O5. The molecule has 17 heavy (non-hydrogen) atoms. The predicted molar refractivity (Wildman–Crippen MR) is 54.6 cm³/mol. The Hall–Kier alpha value is -2.56. The zero-order valence-corrected chi connectivity index (χ0v) is 8.77. The van der Waals surface area contributed by atoms with Gasteiger partial charge < -0.3 is 20.8 Å². The highest BCUT2D eigenvalue weighted by molar-refractivity contribution is 5.98. The zero-order valence-electron chi connectivity index (χ0n) is 8.77. The molecule has 0 radical (unpaired) electrons. The van der Waals surface area contributed by atoms with Gasteiger partial charge in [0.2, 0.25) is 0 Å². The Balaban J connectivity index is 4.17. The molecule has 0 aliphatic rings. The van der Waals surface area contributed by atoms with Gasteiger partial charge in [0, 0.05) is 12.7 Å². The highest BCUT2D eigenvalue weighted by atomic mass is 16.4. The van der Waals surface area contributed by atoms with E-state index in [1.807, 2.05) is 5.32 Å². The summed E-state index contributed by atoms with van der Waals surface area (Å²) in [5.74, 6) is -3.08. The van der Waals surface area contributed by atoms with E-state index >= 15 is 0 Å². The minimum absolute atomic E-state index is 0.0622. The Labute approximate surface area is 96.5 Å². The molecule has 92 valence electrons. The number of nitrogens with one attached hydrogen (secondary N) is 2. The zero-order chi connectivity index (χ0) is 13.3. The van der Waals surface area contributed by atoms with Crippen LogP contribution in [0.4, 0.5) is 0 Å². The highest BCUT2D eigenvalue weighted by Crippen LogP contribution is 1.90. The second-order valence-electron chi connectivity index (χ2n) is 2.84. The maximum atomic E-state index is 11.2. The molecule has 1 amide bonds. The lowest BCUT2D eigenvalue weighted by Gasteiger charge is -2.01. The molecule has 0 heterocycles. The van der Waals surface area contributed by atoms with Crippen LogP contribution in [0.25, 0.3) is 0 Å². The summed E-state index contributed by atoms with van der Waals surface area (Å²) in [6.45, 7) is -0.528. The number of carboxylic acids is 2. The van der Waals surface area contributed by atoms with E-state index in [0.717, 1.165) is 6.20 Å². The van der Waals surface area contributed by atoms with Crippen molar-refractivity contribution in [2.75, 3.05) is 13.1 Å². The Morgan fingerprint density at radius 1 is 1.24 bits per heavy atom. The second kappa shape index (κ2) is 7.70. The third kappa shape index (κ3) is 7.38. The molecule has 4 N–H and O–H groups in total. The summed E-state index contributed by atoms with van der Waals surface area (Å²) in [5.41, 5.74) is -0.323. The molecule has 0 unspecified atom stereocenters. The molecule has 8 heteroatoms. The Bertz CT molecular complexity index is 383. The van der Waals surface area contributed by atoms with E-state index in [2.05, 4.69) is 5.32 Å². The lowest BCUT2D eigenvalue weighted by atomic mass is 10.3. The van der Waals surface area contributed by atoms with E-state index in [1.165, 1.54) is 0 Å². The van der Waals surface area contributed by atoms with Crippen LogP contribution in [0.2, 0.25) is 0 Å². The molecule has 0 aliphatic heterocycles. The second-order valence-corrected chi connectivity index (χ2v) is 2.84. The van der Waals surface area contributed by atoms with Crippen molar-refractivity contribution in [3.63, 3.8) is 0 Å². The van der Waals surface area contributed by atoms with Gasteiger partial charge in [0.05, 0.1) is 6.42 Å². The van der Waals surface area contributed by atoms with Gasteiger partial charge in [0.15, 0.2) is 0 Å². The van der Waals surface area contributed by atoms with Gasteiger partial charge in [-0.2, -0.15) is 5.26 Å². The van der Waals surface area contributed by atoms with Crippen molar-refractivity contribution in [2.24, 2.45) is 0 Å². The summed E-state index contributed by atoms with van der Waals surface area (Å²) in [6.07, 6.45) is 0.881. The minimum atomic E-state index is -1.23. The largest absolute Gasteiger partial charge is 0.481 e. The number of carbonyl (C=O) groups excluding carboxylic acids is 1. The van der Waals surface area contributed by atoms with Gasteiger partial charge in [0.25, 0.3) is 5.91 Å². The van der Waals surface area contributed by atoms with Crippen LogP contribution in [0.3, 0.4) is 0 Å². The van der Waals surface area contributed by atoms with Gasteiger partial charge in [0.1, 0.15) is 18.2 Å². The Kier molecular flexibility index (Phi) is 6.54. The first-order valence-electron chi connectivity index (χ1n) is 4.52. The van der Waals surface area contributed by atoms with Crippen LogP contribution in [0.5, 0.6) is 0 Å². The number of nitriles is 1. The van der Waals surface area contributed by atoms with E-state index in [0.29, 0.717) is 0 Å². The van der Waals surface area contributed by atoms with Gasteiger partial charge in [-0.3, -0.25) is 14.4 Å². The summed E-state index contributed by atoms with van der Waals surface area (Å²) in [5, 5.41) is 29.7. The van der Waals surface area contributed by atoms with E-state index in [-0.39, 0.29) is 18.5 Å². The van der Waals surface area contributed by atoms with Crippen molar-refractivity contribution < 1.29 is 24.6 Å². The van der Waals surface area contributed by atoms with Crippen LogP contribution in [0.1, 0.15) is 6.42 Å².